The molecule has 172 valence electrons. The van der Waals surface area contributed by atoms with Crippen LogP contribution in [0.2, 0.25) is 0 Å². The van der Waals surface area contributed by atoms with Crippen molar-refractivity contribution < 1.29 is 19.1 Å². The van der Waals surface area contributed by atoms with Crippen LogP contribution in [-0.4, -0.2) is 31.8 Å². The number of ether oxygens (including phenoxy) is 2. The van der Waals surface area contributed by atoms with Gasteiger partial charge in [0, 0.05) is 22.3 Å². The van der Waals surface area contributed by atoms with Crippen LogP contribution in [0.4, 0.5) is 11.4 Å². The third-order valence-corrected chi connectivity index (χ3v) is 5.98. The summed E-state index contributed by atoms with van der Waals surface area (Å²) in [4.78, 5) is 26.1. The number of rotatable bonds is 10. The number of methoxy groups -OCH3 is 2. The van der Waals surface area contributed by atoms with Crippen LogP contribution < -0.4 is 20.1 Å². The van der Waals surface area contributed by atoms with E-state index in [1.165, 1.54) is 17.3 Å². The summed E-state index contributed by atoms with van der Waals surface area (Å²) in [5.74, 6) is 0.887. The van der Waals surface area contributed by atoms with Gasteiger partial charge in [0.05, 0.1) is 25.5 Å². The third kappa shape index (κ3) is 6.76. The van der Waals surface area contributed by atoms with Gasteiger partial charge < -0.3 is 20.1 Å². The van der Waals surface area contributed by atoms with E-state index < -0.39 is 0 Å². The van der Waals surface area contributed by atoms with Crippen LogP contribution in [0.25, 0.3) is 0 Å². The van der Waals surface area contributed by atoms with Crippen molar-refractivity contribution in [3.63, 3.8) is 0 Å². The predicted octanol–water partition coefficient (Wildman–Crippen LogP) is 5.64. The number of carbonyl (C=O) groups is 2. The number of aryl methyl sites for hydroxylation is 1. The van der Waals surface area contributed by atoms with E-state index in [9.17, 15) is 9.59 Å². The first-order valence-corrected chi connectivity index (χ1v) is 11.7. The highest BCUT2D eigenvalue weighted by Crippen LogP contribution is 2.30. The number of hydrogen-bond donors (Lipinski definition) is 2. The summed E-state index contributed by atoms with van der Waals surface area (Å²) in [7, 11) is 3.10. The molecular formula is C26H28N2O4S. The Bertz CT molecular complexity index is 1100. The molecule has 6 nitrogen and oxygen atoms in total. The van der Waals surface area contributed by atoms with Crippen LogP contribution in [0, 0.1) is 0 Å². The Morgan fingerprint density at radius 3 is 2.24 bits per heavy atom. The number of anilines is 2. The van der Waals surface area contributed by atoms with E-state index in [0.29, 0.717) is 22.7 Å². The minimum absolute atomic E-state index is 0.157. The van der Waals surface area contributed by atoms with Gasteiger partial charge in [-0.15, -0.1) is 11.8 Å². The lowest BCUT2D eigenvalue weighted by Crippen LogP contribution is -2.16. The van der Waals surface area contributed by atoms with Crippen LogP contribution in [0.3, 0.4) is 0 Å². The molecule has 3 aromatic carbocycles. The van der Waals surface area contributed by atoms with Gasteiger partial charge in [-0.25, -0.2) is 0 Å². The second kappa shape index (κ2) is 12.0. The van der Waals surface area contributed by atoms with Crippen LogP contribution >= 0.6 is 11.8 Å². The van der Waals surface area contributed by atoms with Gasteiger partial charge >= 0.3 is 0 Å². The smallest absolute Gasteiger partial charge is 0.256 e. The lowest BCUT2D eigenvalue weighted by molar-refractivity contribution is -0.113. The fourth-order valence-electron chi connectivity index (χ4n) is 3.28. The molecule has 33 heavy (non-hydrogen) atoms. The van der Waals surface area contributed by atoms with Gasteiger partial charge in [-0.2, -0.15) is 0 Å². The molecular weight excluding hydrogens is 436 g/mol. The van der Waals surface area contributed by atoms with Gasteiger partial charge in [0.2, 0.25) is 5.91 Å². The zero-order valence-electron chi connectivity index (χ0n) is 19.0. The largest absolute Gasteiger partial charge is 0.493 e. The molecule has 0 saturated carbocycles. The van der Waals surface area contributed by atoms with Crippen LogP contribution in [0.1, 0.15) is 29.3 Å². The van der Waals surface area contributed by atoms with E-state index in [-0.39, 0.29) is 17.6 Å². The van der Waals surface area contributed by atoms with Gasteiger partial charge in [0.15, 0.2) is 11.5 Å². The van der Waals surface area contributed by atoms with Crippen molar-refractivity contribution >= 4 is 35.0 Å². The molecule has 0 spiro atoms. The van der Waals surface area contributed by atoms with Crippen LogP contribution in [-0.2, 0) is 11.2 Å². The first-order valence-electron chi connectivity index (χ1n) is 10.7. The molecule has 0 saturated heterocycles. The minimum atomic E-state index is -0.207. The van der Waals surface area contributed by atoms with E-state index in [4.69, 9.17) is 9.47 Å². The first kappa shape index (κ1) is 24.2. The average Bonchev–Trinajstić information content (AvgIpc) is 2.84. The second-order valence-electron chi connectivity index (χ2n) is 7.30. The van der Waals surface area contributed by atoms with Crippen LogP contribution in [0.15, 0.2) is 71.6 Å². The maximum Gasteiger partial charge on any atom is 0.256 e. The normalized spacial score (nSPS) is 10.4. The van der Waals surface area contributed by atoms with Crippen molar-refractivity contribution in [1.82, 2.24) is 0 Å². The maximum atomic E-state index is 12.9. The van der Waals surface area contributed by atoms with Crippen molar-refractivity contribution in [3.8, 4) is 11.5 Å². The molecule has 0 atom stereocenters. The topological polar surface area (TPSA) is 76.7 Å². The Morgan fingerprint density at radius 1 is 0.848 bits per heavy atom. The van der Waals surface area contributed by atoms with Gasteiger partial charge in [0.1, 0.15) is 0 Å². The van der Waals surface area contributed by atoms with Gasteiger partial charge in [-0.05, 0) is 48.4 Å². The fourth-order valence-corrected chi connectivity index (χ4v) is 4.13. The van der Waals surface area contributed by atoms with E-state index >= 15 is 0 Å². The molecule has 3 aromatic rings. The molecule has 0 unspecified atom stereocenters. The Balaban J connectivity index is 1.62. The summed E-state index contributed by atoms with van der Waals surface area (Å²) in [5, 5.41) is 5.79. The highest BCUT2D eigenvalue weighted by Gasteiger charge is 2.14. The monoisotopic (exact) mass is 464 g/mol. The molecule has 3 rings (SSSR count). The van der Waals surface area contributed by atoms with Crippen LogP contribution in [0.5, 0.6) is 11.5 Å². The van der Waals surface area contributed by atoms with E-state index in [1.807, 2.05) is 42.5 Å². The lowest BCUT2D eigenvalue weighted by atomic mass is 10.1. The number of hydrogen-bond acceptors (Lipinski definition) is 5. The zero-order valence-corrected chi connectivity index (χ0v) is 19.8. The van der Waals surface area contributed by atoms with E-state index in [1.54, 1.807) is 38.5 Å². The van der Waals surface area contributed by atoms with Crippen molar-refractivity contribution in [1.29, 1.82) is 0 Å². The van der Waals surface area contributed by atoms with Crippen molar-refractivity contribution in [2.75, 3.05) is 30.6 Å². The Kier molecular flexibility index (Phi) is 8.78. The average molecular weight is 465 g/mol. The maximum absolute atomic E-state index is 12.9. The summed E-state index contributed by atoms with van der Waals surface area (Å²) in [6.45, 7) is 2.14. The molecule has 0 aliphatic heterocycles. The van der Waals surface area contributed by atoms with Gasteiger partial charge in [-0.1, -0.05) is 37.6 Å². The predicted molar refractivity (Wildman–Crippen MR) is 134 cm³/mol. The summed E-state index contributed by atoms with van der Waals surface area (Å²) in [6.07, 6.45) is 2.09. The molecule has 0 aliphatic rings. The Hall–Kier alpha value is -3.45. The highest BCUT2D eigenvalue weighted by atomic mass is 32.2. The summed E-state index contributed by atoms with van der Waals surface area (Å²) < 4.78 is 10.5. The molecule has 2 N–H and O–H groups in total. The Morgan fingerprint density at radius 2 is 1.55 bits per heavy atom. The van der Waals surface area contributed by atoms with Crippen molar-refractivity contribution in [3.05, 3.63) is 77.9 Å². The number of thioether (sulfide) groups is 1. The molecule has 2 amide bonds. The SMILES string of the molecule is CCCc1ccc(NC(=O)c2ccccc2SCC(=O)Nc2ccc(OC)c(OC)c2)cc1. The third-order valence-electron chi connectivity index (χ3n) is 4.91. The molecule has 0 fully saturated rings. The number of amides is 2. The quantitative estimate of drug-likeness (QED) is 0.380. The summed E-state index contributed by atoms with van der Waals surface area (Å²) in [6, 6.07) is 20.3. The second-order valence-corrected chi connectivity index (χ2v) is 8.32. The fraction of sp³-hybridized carbons (Fsp3) is 0.231. The van der Waals surface area contributed by atoms with E-state index in [0.717, 1.165) is 23.4 Å². The minimum Gasteiger partial charge on any atom is -0.493 e. The first-order chi connectivity index (χ1) is 16.0. The van der Waals surface area contributed by atoms with Crippen molar-refractivity contribution in [2.45, 2.75) is 24.7 Å². The standard InChI is InChI=1S/C26H28N2O4S/c1-4-7-18-10-12-19(13-11-18)28-26(30)21-8-5-6-9-24(21)33-17-25(29)27-20-14-15-22(31-2)23(16-20)32-3/h5-6,8-16H,4,7,17H2,1-3H3,(H,27,29)(H,28,30). The zero-order chi connectivity index (χ0) is 23.6. The molecule has 0 aromatic heterocycles. The molecule has 0 heterocycles. The molecule has 0 bridgehead atoms. The number of carbonyl (C=O) groups excluding carboxylic acids is 2. The number of nitrogens with one attached hydrogen (secondary N) is 2. The lowest BCUT2D eigenvalue weighted by Gasteiger charge is -2.12. The highest BCUT2D eigenvalue weighted by molar-refractivity contribution is 8.00. The summed E-state index contributed by atoms with van der Waals surface area (Å²) >= 11 is 1.31. The van der Waals surface area contributed by atoms with Gasteiger partial charge in [0.25, 0.3) is 5.91 Å². The molecule has 0 radical (unpaired) electrons. The van der Waals surface area contributed by atoms with Crippen molar-refractivity contribution in [2.24, 2.45) is 0 Å². The summed E-state index contributed by atoms with van der Waals surface area (Å²) in [5.41, 5.74) is 3.12. The Labute approximate surface area is 198 Å². The molecule has 0 aliphatic carbocycles. The number of benzene rings is 3. The van der Waals surface area contributed by atoms with E-state index in [2.05, 4.69) is 17.6 Å². The van der Waals surface area contributed by atoms with Gasteiger partial charge in [-0.3, -0.25) is 9.59 Å². The molecule has 7 heteroatoms.